The molecule has 0 saturated carbocycles. The number of Topliss-reactive ketones (excluding diaryl/α,β-unsaturated/α-hetero) is 1. The number of benzene rings is 6. The van der Waals surface area contributed by atoms with Crippen molar-refractivity contribution in [2.45, 2.75) is 83.7 Å². The third-order valence-electron chi connectivity index (χ3n) is 21.0. The molecule has 7 heterocycles. The van der Waals surface area contributed by atoms with E-state index in [0.29, 0.717) is 223 Å². The lowest BCUT2D eigenvalue weighted by atomic mass is 10.0. The lowest BCUT2D eigenvalue weighted by Gasteiger charge is -2.32. The van der Waals surface area contributed by atoms with Gasteiger partial charge in [-0.2, -0.15) is 0 Å². The first kappa shape index (κ1) is 99.0. The molecule has 0 spiro atoms. The van der Waals surface area contributed by atoms with E-state index >= 15 is 0 Å². The molecule has 0 aliphatic carbocycles. The molecular weight excluding hydrogens is 1750 g/mol. The second-order valence-electron chi connectivity index (χ2n) is 29.8. The smallest absolute Gasteiger partial charge is 0.263 e. The lowest BCUT2D eigenvalue weighted by molar-refractivity contribution is -0.137. The number of carbonyl (C=O) groups is 8. The highest BCUT2D eigenvalue weighted by molar-refractivity contribution is 6.38. The number of ether oxygens (including phenoxy) is 11. The Bertz CT molecular complexity index is 5530. The number of rotatable bonds is 39. The van der Waals surface area contributed by atoms with Crippen molar-refractivity contribution in [1.82, 2.24) is 45.5 Å². The maximum absolute atomic E-state index is 13.1. The summed E-state index contributed by atoms with van der Waals surface area (Å²) in [6.07, 6.45) is 7.46. The number of nitrogens with one attached hydrogen (secondary N) is 6. The number of ketones is 1. The number of fused-ring (bicyclic) bond motifs is 4. The molecule has 0 bridgehead atoms. The van der Waals surface area contributed by atoms with Crippen LogP contribution in [0.15, 0.2) is 110 Å². The fourth-order valence-electron chi connectivity index (χ4n) is 14.3. The van der Waals surface area contributed by atoms with Crippen LogP contribution in [0.1, 0.15) is 103 Å². The Kier molecular flexibility index (Phi) is 37.5. The van der Waals surface area contributed by atoms with Crippen LogP contribution in [0.4, 0.5) is 39.8 Å². The van der Waals surface area contributed by atoms with Crippen LogP contribution in [0, 0.1) is 13.1 Å². The number of carbonyl (C=O) groups excluding carboxylic acids is 8. The summed E-state index contributed by atoms with van der Waals surface area (Å²) < 4.78 is 60.6. The van der Waals surface area contributed by atoms with Gasteiger partial charge >= 0.3 is 0 Å². The molecule has 129 heavy (non-hydrogen) atoms. The highest BCUT2D eigenvalue weighted by Crippen LogP contribution is 2.47. The quantitative estimate of drug-likeness (QED) is 0.0118. The number of methoxy groups -OCH3 is 5. The number of likely N-dealkylation sites (N-methyl/N-ethyl adjacent to an activating group) is 1. The van der Waals surface area contributed by atoms with Crippen molar-refractivity contribution < 1.29 is 90.5 Å². The second kappa shape index (κ2) is 48.9. The van der Waals surface area contributed by atoms with Crippen molar-refractivity contribution >= 4 is 167 Å². The van der Waals surface area contributed by atoms with Crippen LogP contribution in [0.25, 0.3) is 42.9 Å². The Morgan fingerprint density at radius 3 is 1.53 bits per heavy atom. The van der Waals surface area contributed by atoms with E-state index in [1.54, 1.807) is 82.0 Å². The number of piperidine rings is 2. The van der Waals surface area contributed by atoms with E-state index in [-0.39, 0.29) is 73.0 Å². The summed E-state index contributed by atoms with van der Waals surface area (Å²) in [6, 6.07) is 22.6. The van der Waals surface area contributed by atoms with Gasteiger partial charge in [0.2, 0.25) is 35.0 Å². The van der Waals surface area contributed by atoms with Gasteiger partial charge in [0.15, 0.2) is 29.6 Å². The van der Waals surface area contributed by atoms with Crippen LogP contribution in [-0.2, 0) is 47.7 Å². The van der Waals surface area contributed by atoms with Gasteiger partial charge in [-0.25, -0.2) is 9.69 Å². The third kappa shape index (κ3) is 26.1. The number of hydrogen-bond donors (Lipinski definition) is 6. The summed E-state index contributed by atoms with van der Waals surface area (Å²) in [5, 5.41) is 19.9. The van der Waals surface area contributed by atoms with Crippen molar-refractivity contribution in [3.63, 3.8) is 0 Å². The molecule has 7 amide bonds. The minimum absolute atomic E-state index is 0.0552. The van der Waals surface area contributed by atoms with Gasteiger partial charge in [-0.15, -0.1) is 0 Å². The molecular formula is C92H104Cl4N14O19. The van der Waals surface area contributed by atoms with E-state index in [1.165, 1.54) is 43.3 Å². The van der Waals surface area contributed by atoms with E-state index in [1.807, 2.05) is 24.3 Å². The zero-order valence-corrected chi connectivity index (χ0v) is 76.1. The molecule has 684 valence electrons. The summed E-state index contributed by atoms with van der Waals surface area (Å²) >= 11 is 25.2. The number of anilines is 5. The Morgan fingerprint density at radius 1 is 0.535 bits per heavy atom. The van der Waals surface area contributed by atoms with E-state index < -0.39 is 29.8 Å². The average Bonchev–Trinajstić information content (AvgIpc) is 1.75. The topological polar surface area (TPSA) is 358 Å². The molecule has 6 N–H and O–H groups in total. The van der Waals surface area contributed by atoms with E-state index in [4.69, 9.17) is 112 Å². The number of amides is 7. The number of halogens is 4. The SMILES string of the molecule is C=C1c2cccc(NCCOCCOCCOC)c2C(=O)N1C1CCC(=O)NC1=O.C=C1c2cccc(OCC(=O)NCCCC(C)=O)c2C(=O)N1C1CCC(=O)NC1=O.[C-]#[N+]c1cnc2cc(OCCCN3CCN(C)CC3)c(OC)cc2c1Nc1cc(OC)c(Cl)cc1Cl.[C-]#[N+]c1cnc2cc(OCCCOCCC)c(OC)cc2c1Nc1cc(OC)c(Cl)cc1Cl. The highest BCUT2D eigenvalue weighted by Gasteiger charge is 2.45. The number of pyridine rings is 2. The predicted octanol–water partition coefficient (Wildman–Crippen LogP) is 14.7. The van der Waals surface area contributed by atoms with Gasteiger partial charge in [-0.1, -0.05) is 90.8 Å². The largest absolute Gasteiger partial charge is 0.495 e. The summed E-state index contributed by atoms with van der Waals surface area (Å²) in [4.78, 5) is 120. The summed E-state index contributed by atoms with van der Waals surface area (Å²) in [5.41, 5.74) is 7.57. The van der Waals surface area contributed by atoms with Gasteiger partial charge in [0.25, 0.3) is 17.7 Å². The van der Waals surface area contributed by atoms with Gasteiger partial charge < -0.3 is 88.0 Å². The second-order valence-corrected chi connectivity index (χ2v) is 31.4. The minimum Gasteiger partial charge on any atom is -0.495 e. The molecule has 8 aromatic rings. The minimum atomic E-state index is -0.826. The summed E-state index contributed by atoms with van der Waals surface area (Å²) in [7, 11) is 9.99. The van der Waals surface area contributed by atoms with Gasteiger partial charge in [0.1, 0.15) is 35.1 Å². The van der Waals surface area contributed by atoms with Crippen molar-refractivity contribution in [1.29, 1.82) is 0 Å². The molecule has 6 aromatic carbocycles. The average molecular weight is 1850 g/mol. The standard InChI is InChI=1S/C26H29Cl2N5O3.C24H25Cl2N3O4.C21H23N3O6.C21H27N3O6/c1-29-22-16-30-20-14-25(36-11-5-6-33-9-7-32(2)8-10-33)24(35-4)12-17(20)26(22)31-21-15-23(34-3)19(28)13-18(21)27;1-5-7-32-8-6-9-33-23-12-18-15(10-22(23)31-4)24(20(27-2)14-28-18)29-19-13-21(30-3)17(26)11-16(19)25;1-12(25)5-4-10-22-18(27)11-30-16-7-3-6-14-13(2)24(21(29)19(14)16)15-8-9-17(26)23-20(15)28;1-14-15-4-3-5-16(22-8-9-29-12-13-30-11-10-28-2)19(15)21(27)24(14)17-6-7-18(25)23-20(17)26/h12-16H,5-11H2,2-4H3,(H,30,31);10-14H,5-9H2,1,3-4H3,(H,28,29);3,6-7,15H,2,4-5,8-11H2,1H3,(H,22,27)(H,23,26,28);3-5,17,22H,1,6-13H2,2H3,(H,23,25,26). The maximum Gasteiger partial charge on any atom is 0.263 e. The molecule has 33 nitrogen and oxygen atoms in total. The first-order chi connectivity index (χ1) is 62.3. The van der Waals surface area contributed by atoms with Gasteiger partial charge in [-0.3, -0.25) is 64.0 Å². The van der Waals surface area contributed by atoms with Crippen LogP contribution in [0.3, 0.4) is 0 Å². The van der Waals surface area contributed by atoms with Crippen molar-refractivity contribution in [3.05, 3.63) is 176 Å². The van der Waals surface area contributed by atoms with Gasteiger partial charge in [0.05, 0.1) is 153 Å². The number of piperazine rings is 1. The van der Waals surface area contributed by atoms with Crippen LogP contribution < -0.4 is 65.1 Å². The molecule has 2 aromatic heterocycles. The fraction of sp³-hybridized carbons (Fsp3) is 0.391. The van der Waals surface area contributed by atoms with E-state index in [0.717, 1.165) is 58.6 Å². The molecule has 3 fully saturated rings. The number of imide groups is 2. The first-order valence-electron chi connectivity index (χ1n) is 41.7. The Hall–Kier alpha value is -12.1. The lowest BCUT2D eigenvalue weighted by Crippen LogP contribution is -2.52. The normalized spacial score (nSPS) is 15.3. The van der Waals surface area contributed by atoms with Crippen LogP contribution in [0.2, 0.25) is 20.1 Å². The van der Waals surface area contributed by atoms with Crippen molar-refractivity contribution in [2.24, 2.45) is 0 Å². The Labute approximate surface area is 768 Å². The molecule has 2 unspecified atom stereocenters. The molecule has 5 aliphatic heterocycles. The number of aromatic nitrogens is 2. The highest BCUT2D eigenvalue weighted by atomic mass is 35.5. The molecule has 5 aliphatic rings. The number of nitrogens with zero attached hydrogens (tertiary/aromatic N) is 8. The summed E-state index contributed by atoms with van der Waals surface area (Å²) in [5.74, 6) is 0.656. The van der Waals surface area contributed by atoms with E-state index in [2.05, 4.69) is 88.5 Å². The molecule has 2 atom stereocenters. The Balaban J connectivity index is 0.000000179. The Morgan fingerprint density at radius 2 is 1.03 bits per heavy atom. The predicted molar refractivity (Wildman–Crippen MR) is 493 cm³/mol. The third-order valence-corrected chi connectivity index (χ3v) is 22.2. The molecule has 0 radical (unpaired) electrons. The number of hydrogen-bond acceptors (Lipinski definition) is 26. The monoisotopic (exact) mass is 1850 g/mol. The summed E-state index contributed by atoms with van der Waals surface area (Å²) in [6.45, 7) is 37.6. The van der Waals surface area contributed by atoms with Crippen molar-refractivity contribution in [3.8, 4) is 40.2 Å². The molecule has 13 rings (SSSR count). The van der Waals surface area contributed by atoms with Crippen LogP contribution in [-0.4, -0.2) is 243 Å². The van der Waals surface area contributed by atoms with Crippen LogP contribution in [0.5, 0.6) is 40.2 Å². The zero-order valence-electron chi connectivity index (χ0n) is 73.0. The van der Waals surface area contributed by atoms with Gasteiger partial charge in [0, 0.05) is 167 Å². The van der Waals surface area contributed by atoms with Gasteiger partial charge in [-0.05, 0) is 82.5 Å². The zero-order chi connectivity index (χ0) is 92.8. The van der Waals surface area contributed by atoms with Crippen LogP contribution >= 0.6 is 46.4 Å². The first-order valence-corrected chi connectivity index (χ1v) is 43.2. The fourth-order valence-corrected chi connectivity index (χ4v) is 15.4. The van der Waals surface area contributed by atoms with E-state index in [9.17, 15) is 38.4 Å². The molecule has 37 heteroatoms. The van der Waals surface area contributed by atoms with Crippen molar-refractivity contribution in [2.75, 3.05) is 170 Å². The maximum atomic E-state index is 13.1. The molecule has 3 saturated heterocycles.